The van der Waals surface area contributed by atoms with Crippen molar-refractivity contribution in [2.45, 2.75) is 38.5 Å². The summed E-state index contributed by atoms with van der Waals surface area (Å²) in [5.41, 5.74) is 4.11. The molecule has 9 nitrogen and oxygen atoms in total. The average Bonchev–Trinajstić information content (AvgIpc) is 3.60. The van der Waals surface area contributed by atoms with Gasteiger partial charge in [-0.3, -0.25) is 14.2 Å². The molecule has 1 aliphatic rings. The number of amides is 1. The van der Waals surface area contributed by atoms with E-state index in [1.165, 1.54) is 17.0 Å². The number of carbonyl (C=O) groups excluding carboxylic acids is 1. The Kier molecular flexibility index (Phi) is 6.88. The van der Waals surface area contributed by atoms with Crippen molar-refractivity contribution in [3.05, 3.63) is 121 Å². The summed E-state index contributed by atoms with van der Waals surface area (Å²) in [6.45, 7) is 1.78. The lowest BCUT2D eigenvalue weighted by Gasteiger charge is -2.35. The Morgan fingerprint density at radius 1 is 1.07 bits per heavy atom. The monoisotopic (exact) mass is 675 g/mol. The van der Waals surface area contributed by atoms with Crippen LogP contribution in [0.1, 0.15) is 45.2 Å². The minimum absolute atomic E-state index is 0.00498. The van der Waals surface area contributed by atoms with Gasteiger partial charge in [0.05, 0.1) is 35.2 Å². The van der Waals surface area contributed by atoms with Gasteiger partial charge in [-0.1, -0.05) is 51.5 Å². The highest BCUT2D eigenvalue weighted by atomic mass is 79.9. The van der Waals surface area contributed by atoms with Crippen molar-refractivity contribution in [2.24, 2.45) is 7.05 Å². The van der Waals surface area contributed by atoms with Crippen molar-refractivity contribution in [3.63, 3.8) is 0 Å². The Bertz CT molecular complexity index is 2190. The first-order valence-electron chi connectivity index (χ1n) is 14.2. The molecule has 0 saturated carbocycles. The van der Waals surface area contributed by atoms with Crippen LogP contribution in [0.5, 0.6) is 0 Å². The van der Waals surface area contributed by atoms with Gasteiger partial charge in [0.2, 0.25) is 0 Å². The second-order valence-electron chi connectivity index (χ2n) is 11.2. The van der Waals surface area contributed by atoms with Crippen LogP contribution in [-0.4, -0.2) is 46.0 Å². The second-order valence-corrected chi connectivity index (χ2v) is 12.1. The third-order valence-corrected chi connectivity index (χ3v) is 9.01. The Labute approximate surface area is 262 Å². The molecule has 7 rings (SSSR count). The van der Waals surface area contributed by atoms with Crippen molar-refractivity contribution in [3.8, 4) is 5.69 Å². The summed E-state index contributed by atoms with van der Waals surface area (Å²) in [6.07, 6.45) is -2.23. The first kappa shape index (κ1) is 29.0. The lowest BCUT2D eigenvalue weighted by atomic mass is 9.97. The van der Waals surface area contributed by atoms with Crippen LogP contribution in [0, 0.1) is 0 Å². The molecular weight excluding hydrogens is 651 g/mol. The molecule has 1 amide bonds. The van der Waals surface area contributed by atoms with E-state index >= 15 is 0 Å². The van der Waals surface area contributed by atoms with Crippen molar-refractivity contribution < 1.29 is 18.0 Å². The van der Waals surface area contributed by atoms with E-state index in [0.717, 1.165) is 22.7 Å². The Balaban J connectivity index is 1.39. The molecule has 3 aromatic carbocycles. The molecule has 0 bridgehead atoms. The highest BCUT2D eigenvalue weighted by Gasteiger charge is 2.36. The van der Waals surface area contributed by atoms with Crippen LogP contribution in [0.25, 0.3) is 22.4 Å². The fourth-order valence-electron chi connectivity index (χ4n) is 6.05. The zero-order chi connectivity index (χ0) is 31.6. The molecule has 13 heteroatoms. The lowest BCUT2D eigenvalue weighted by Crippen LogP contribution is -2.46. The first-order valence-corrected chi connectivity index (χ1v) is 15.0. The van der Waals surface area contributed by atoms with Crippen molar-refractivity contribution in [1.82, 2.24) is 34.1 Å². The summed E-state index contributed by atoms with van der Waals surface area (Å²) in [6, 6.07) is 18.3. The van der Waals surface area contributed by atoms with Gasteiger partial charge in [0.25, 0.3) is 11.5 Å². The maximum Gasteiger partial charge on any atom is 0.417 e. The molecule has 0 N–H and O–H groups in total. The largest absolute Gasteiger partial charge is 0.417 e. The van der Waals surface area contributed by atoms with Gasteiger partial charge in [-0.2, -0.15) is 18.3 Å². The zero-order valence-corrected chi connectivity index (χ0v) is 25.7. The number of alkyl halides is 3. The van der Waals surface area contributed by atoms with E-state index in [9.17, 15) is 22.8 Å². The van der Waals surface area contributed by atoms with Crippen molar-refractivity contribution in [1.29, 1.82) is 0 Å². The van der Waals surface area contributed by atoms with E-state index in [0.29, 0.717) is 34.5 Å². The van der Waals surface area contributed by atoms with E-state index < -0.39 is 23.7 Å². The summed E-state index contributed by atoms with van der Waals surface area (Å²) in [5, 5.41) is 13.0. The lowest BCUT2D eigenvalue weighted by molar-refractivity contribution is -0.138. The summed E-state index contributed by atoms with van der Waals surface area (Å²) >= 11 is 2.94. The maximum atomic E-state index is 14.4. The molecule has 6 aromatic rings. The Hall–Kier alpha value is -4.78. The molecule has 1 atom stereocenters. The number of nitrogens with zero attached hydrogens (tertiary/aromatic N) is 7. The highest BCUT2D eigenvalue weighted by Crippen LogP contribution is 2.36. The number of fused-ring (bicyclic) bond motifs is 4. The minimum Gasteiger partial charge on any atom is -0.330 e. The van der Waals surface area contributed by atoms with E-state index in [2.05, 4.69) is 26.2 Å². The number of hydrogen-bond acceptors (Lipinski definition) is 5. The van der Waals surface area contributed by atoms with Gasteiger partial charge in [0, 0.05) is 40.7 Å². The second kappa shape index (κ2) is 10.7. The molecule has 45 heavy (non-hydrogen) atoms. The molecule has 0 aliphatic carbocycles. The minimum atomic E-state index is -4.63. The number of halogens is 4. The van der Waals surface area contributed by atoms with Gasteiger partial charge >= 0.3 is 6.18 Å². The van der Waals surface area contributed by atoms with Crippen LogP contribution < -0.4 is 5.56 Å². The number of rotatable bonds is 4. The molecule has 3 aromatic heterocycles. The molecule has 0 unspecified atom stereocenters. The molecule has 0 fully saturated rings. The van der Waals surface area contributed by atoms with Gasteiger partial charge in [0.15, 0.2) is 0 Å². The third-order valence-electron chi connectivity index (χ3n) is 8.32. The number of aryl methyl sites for hydroxylation is 1. The highest BCUT2D eigenvalue weighted by molar-refractivity contribution is 9.10. The van der Waals surface area contributed by atoms with Gasteiger partial charge in [-0.25, -0.2) is 9.20 Å². The molecule has 0 spiro atoms. The van der Waals surface area contributed by atoms with E-state index in [1.807, 2.05) is 48.5 Å². The molecule has 1 aliphatic heterocycles. The van der Waals surface area contributed by atoms with Crippen LogP contribution in [0.3, 0.4) is 0 Å². The van der Waals surface area contributed by atoms with Crippen LogP contribution >= 0.6 is 15.9 Å². The fraction of sp³-hybridized carbons (Fsp3) is 0.219. The van der Waals surface area contributed by atoms with E-state index in [1.54, 1.807) is 33.9 Å². The first-order chi connectivity index (χ1) is 21.5. The standard InChI is InChI=1S/C32H25BrF3N7O2/c1-18-12-23-28(17-41(18)30(44)20-8-10-25(33)24(14-20)32(34,35)36)43-29(21(16-37-43)13-19-6-4-3-5-7-19)42(31(23)45)22-9-11-27-26(15-22)38-39-40(27)2/h3-11,14-16,18H,12-13,17H2,1-2H3/t18-/m0/s1. The number of carbonyl (C=O) groups is 1. The SMILES string of the molecule is C[C@H]1Cc2c(n3ncc(Cc4ccccc4)c3n(-c3ccc4c(c3)nnn4C)c2=O)CN1C(=O)c1ccc(Br)c(C(F)(F)F)c1. The van der Waals surface area contributed by atoms with E-state index in [4.69, 9.17) is 5.10 Å². The Morgan fingerprint density at radius 3 is 2.60 bits per heavy atom. The Morgan fingerprint density at radius 2 is 1.84 bits per heavy atom. The van der Waals surface area contributed by atoms with Crippen LogP contribution in [-0.2, 0) is 32.6 Å². The molecular formula is C32H25BrF3N7O2. The predicted molar refractivity (Wildman–Crippen MR) is 164 cm³/mol. The van der Waals surface area contributed by atoms with Crippen LogP contribution in [0.15, 0.2) is 82.2 Å². The number of aromatic nitrogens is 6. The summed E-state index contributed by atoms with van der Waals surface area (Å²) in [7, 11) is 1.79. The van der Waals surface area contributed by atoms with Crippen molar-refractivity contribution >= 4 is 38.5 Å². The predicted octanol–water partition coefficient (Wildman–Crippen LogP) is 5.73. The molecule has 0 radical (unpaired) electrons. The van der Waals surface area contributed by atoms with Gasteiger partial charge in [-0.05, 0) is 55.3 Å². The fourth-order valence-corrected chi connectivity index (χ4v) is 6.52. The zero-order valence-electron chi connectivity index (χ0n) is 24.1. The topological polar surface area (TPSA) is 90.3 Å². The third kappa shape index (κ3) is 4.91. The summed E-state index contributed by atoms with van der Waals surface area (Å²) < 4.78 is 45.7. The van der Waals surface area contributed by atoms with Gasteiger partial charge in [-0.15, -0.1) is 5.10 Å². The summed E-state index contributed by atoms with van der Waals surface area (Å²) in [5.74, 6) is -0.562. The normalized spacial score (nSPS) is 15.2. The van der Waals surface area contributed by atoms with Gasteiger partial charge in [0.1, 0.15) is 11.2 Å². The number of benzene rings is 3. The average molecular weight is 676 g/mol. The van der Waals surface area contributed by atoms with Crippen molar-refractivity contribution in [2.75, 3.05) is 0 Å². The van der Waals surface area contributed by atoms with E-state index in [-0.39, 0.29) is 28.6 Å². The molecule has 228 valence electrons. The quantitative estimate of drug-likeness (QED) is 0.238. The molecule has 4 heterocycles. The van der Waals surface area contributed by atoms with Crippen LogP contribution in [0.4, 0.5) is 13.2 Å². The summed E-state index contributed by atoms with van der Waals surface area (Å²) in [4.78, 5) is 29.6. The van der Waals surface area contributed by atoms with Crippen LogP contribution in [0.2, 0.25) is 0 Å². The maximum absolute atomic E-state index is 14.4. The smallest absolute Gasteiger partial charge is 0.330 e. The van der Waals surface area contributed by atoms with Gasteiger partial charge < -0.3 is 4.90 Å². The molecule has 0 saturated heterocycles. The number of hydrogen-bond donors (Lipinski definition) is 0.